The molecular weight excluding hydrogens is 889 g/mol. The van der Waals surface area contributed by atoms with Crippen molar-refractivity contribution in [3.63, 3.8) is 0 Å². The third-order valence-electron chi connectivity index (χ3n) is 9.42. The molecule has 0 amide bonds. The van der Waals surface area contributed by atoms with Crippen LogP contribution in [0.4, 0.5) is 0 Å². The fourth-order valence-electron chi connectivity index (χ4n) is 6.82. The average molecular weight is 949 g/mol. The van der Waals surface area contributed by atoms with E-state index in [1.54, 1.807) is 0 Å². The van der Waals surface area contributed by atoms with Crippen molar-refractivity contribution in [2.75, 3.05) is 13.1 Å². The van der Waals surface area contributed by atoms with E-state index in [4.69, 9.17) is 22.1 Å². The molecule has 7 nitrogen and oxygen atoms in total. The Labute approximate surface area is 371 Å². The van der Waals surface area contributed by atoms with E-state index in [1.165, 1.54) is 32.6 Å². The Kier molecular flexibility index (Phi) is 19.5. The van der Waals surface area contributed by atoms with Crippen molar-refractivity contribution in [2.24, 2.45) is 5.73 Å². The van der Waals surface area contributed by atoms with Gasteiger partial charge in [-0.2, -0.15) is 61.8 Å². The van der Waals surface area contributed by atoms with Crippen LogP contribution in [0.3, 0.4) is 0 Å². The van der Waals surface area contributed by atoms with Gasteiger partial charge in [0.25, 0.3) is 0 Å². The van der Waals surface area contributed by atoms with Gasteiger partial charge < -0.3 is 36.6 Å². The standard InChI is InChI=1S/C21H28N4.C16H17N3.2C7H7.Hf/c1-16(2)24-21(23-15-9-3-8-14-22)25-19-12-6-4-10-17(19)18-11-5-7-13-20(18)25;1-11(2)18-16(17)19-14-9-5-3-7-12(14)13-8-4-6-10-15(13)19;2*1-7-5-3-2-4-6-7;/h4-7,10-13,16,21H,3,8-9,14-15,22H2,1-2H3;3-11,16-17H,1-2H3;2*2-6H,1H2;/q2*-2;2*-1;. The second-order valence-corrected chi connectivity index (χ2v) is 14.7. The Morgan fingerprint density at radius 3 is 1.19 bits per heavy atom. The minimum atomic E-state index is -0.593. The fraction of sp³-hybridized carbons (Fsp3) is 0.255. The molecule has 59 heavy (non-hydrogen) atoms. The first-order valence-corrected chi connectivity index (χ1v) is 20.4. The zero-order valence-electron chi connectivity index (χ0n) is 35.1. The fourth-order valence-corrected chi connectivity index (χ4v) is 6.82. The van der Waals surface area contributed by atoms with E-state index >= 15 is 0 Å². The zero-order valence-corrected chi connectivity index (χ0v) is 38.7. The van der Waals surface area contributed by atoms with Gasteiger partial charge in [0.2, 0.25) is 0 Å². The molecule has 3 N–H and O–H groups in total. The first-order chi connectivity index (χ1) is 28.2. The SMILES string of the molecule is CC(C)[N-]C([N-]CCCCCN)n1c2ccccc2c2ccccc21.CC(C)[N-]C([NH-])n1c2ccccc2c2ccccc21.[CH2-]c1ccccc1.[CH2-]c1ccccc1.[Hf]. The molecule has 2 unspecified atom stereocenters. The van der Waals surface area contributed by atoms with Crippen molar-refractivity contribution < 1.29 is 25.8 Å². The molecule has 0 bridgehead atoms. The molecule has 8 heteroatoms. The molecule has 308 valence electrons. The number of hydrogen-bond acceptors (Lipinski definition) is 1. The predicted molar refractivity (Wildman–Crippen MR) is 251 cm³/mol. The van der Waals surface area contributed by atoms with Crippen LogP contribution in [0.25, 0.3) is 65.3 Å². The van der Waals surface area contributed by atoms with Crippen molar-refractivity contribution in [1.82, 2.24) is 9.13 Å². The van der Waals surface area contributed by atoms with Crippen LogP contribution >= 0.6 is 0 Å². The van der Waals surface area contributed by atoms with E-state index in [1.807, 2.05) is 103 Å². The number of para-hydroxylation sites is 4. The maximum atomic E-state index is 8.32. The minimum Gasteiger partial charge on any atom is -0.676 e. The monoisotopic (exact) mass is 949 g/mol. The van der Waals surface area contributed by atoms with Crippen LogP contribution in [0, 0.1) is 13.8 Å². The summed E-state index contributed by atoms with van der Waals surface area (Å²) in [6.45, 7) is 17.3. The van der Waals surface area contributed by atoms with Crippen LogP contribution in [-0.2, 0) is 25.8 Å². The van der Waals surface area contributed by atoms with Crippen molar-refractivity contribution in [3.05, 3.63) is 204 Å². The van der Waals surface area contributed by atoms with Gasteiger partial charge in [-0.05, 0) is 37.2 Å². The van der Waals surface area contributed by atoms with Crippen molar-refractivity contribution >= 4 is 43.6 Å². The molecule has 6 aromatic carbocycles. The number of nitrogens with one attached hydrogen (secondary N) is 1. The number of hydrogen-bond donors (Lipinski definition) is 1. The summed E-state index contributed by atoms with van der Waals surface area (Å²) in [5.74, 6) is 0. The number of unbranched alkanes of at least 4 members (excludes halogenated alkanes) is 2. The van der Waals surface area contributed by atoms with Gasteiger partial charge in [0.15, 0.2) is 0 Å². The Morgan fingerprint density at radius 2 is 0.847 bits per heavy atom. The summed E-state index contributed by atoms with van der Waals surface area (Å²) in [5, 5.41) is 19.2. The first kappa shape index (κ1) is 47.0. The van der Waals surface area contributed by atoms with Crippen LogP contribution in [0.5, 0.6) is 0 Å². The zero-order chi connectivity index (χ0) is 41.3. The Bertz CT molecular complexity index is 2240. The van der Waals surface area contributed by atoms with Gasteiger partial charge in [-0.25, -0.2) is 0 Å². The third kappa shape index (κ3) is 13.4. The molecule has 8 aromatic rings. The Hall–Kier alpha value is -4.67. The summed E-state index contributed by atoms with van der Waals surface area (Å²) in [6, 6.07) is 53.7. The van der Waals surface area contributed by atoms with Crippen LogP contribution in [0.1, 0.15) is 70.7 Å². The van der Waals surface area contributed by atoms with Crippen molar-refractivity contribution in [1.29, 1.82) is 0 Å². The maximum Gasteiger partial charge on any atom is 0.0461 e. The van der Waals surface area contributed by atoms with Gasteiger partial charge in [0.1, 0.15) is 0 Å². The van der Waals surface area contributed by atoms with Crippen LogP contribution in [-0.4, -0.2) is 34.3 Å². The molecule has 0 aliphatic heterocycles. The number of fused-ring (bicyclic) bond motifs is 6. The first-order valence-electron chi connectivity index (χ1n) is 20.4. The normalized spacial score (nSPS) is 11.9. The molecule has 8 rings (SSSR count). The van der Waals surface area contributed by atoms with Gasteiger partial charge >= 0.3 is 0 Å². The van der Waals surface area contributed by atoms with Crippen LogP contribution in [0.15, 0.2) is 158 Å². The summed E-state index contributed by atoms with van der Waals surface area (Å²) in [7, 11) is 0. The Balaban J connectivity index is 0.000000197. The smallest absolute Gasteiger partial charge is 0.0461 e. The van der Waals surface area contributed by atoms with E-state index < -0.39 is 6.29 Å². The topological polar surface area (TPSA) is 102 Å². The second kappa shape index (κ2) is 24.4. The summed E-state index contributed by atoms with van der Waals surface area (Å²) in [6.07, 6.45) is 2.49. The predicted octanol–water partition coefficient (Wildman–Crippen LogP) is 14.4. The molecule has 0 saturated heterocycles. The van der Waals surface area contributed by atoms with E-state index in [0.29, 0.717) is 0 Å². The van der Waals surface area contributed by atoms with Crippen molar-refractivity contribution in [2.45, 2.75) is 71.6 Å². The van der Waals surface area contributed by atoms with Gasteiger partial charge in [0, 0.05) is 69.5 Å². The quantitative estimate of drug-likeness (QED) is 0.0736. The number of nitrogens with zero attached hydrogens (tertiary/aromatic N) is 5. The molecule has 2 aromatic heterocycles. The van der Waals surface area contributed by atoms with Gasteiger partial charge in [-0.15, -0.1) is 42.9 Å². The van der Waals surface area contributed by atoms with E-state index in [2.05, 4.69) is 110 Å². The molecule has 0 saturated carbocycles. The molecule has 2 heterocycles. The minimum absolute atomic E-state index is 0. The van der Waals surface area contributed by atoms with Crippen LogP contribution in [0.2, 0.25) is 0 Å². The second-order valence-electron chi connectivity index (χ2n) is 14.7. The summed E-state index contributed by atoms with van der Waals surface area (Å²) >= 11 is 0. The maximum absolute atomic E-state index is 8.32. The molecule has 0 aliphatic rings. The summed E-state index contributed by atoms with van der Waals surface area (Å²) < 4.78 is 4.29. The molecule has 0 spiro atoms. The van der Waals surface area contributed by atoms with E-state index in [-0.39, 0.29) is 44.2 Å². The summed E-state index contributed by atoms with van der Waals surface area (Å²) in [4.78, 5) is 0. The number of nitrogens with two attached hydrogens (primary N) is 1. The molecule has 0 radical (unpaired) electrons. The summed E-state index contributed by atoms with van der Waals surface area (Å²) in [5.41, 5.74) is 20.6. The Morgan fingerprint density at radius 1 is 0.492 bits per heavy atom. The molecule has 0 fully saturated rings. The van der Waals surface area contributed by atoms with Crippen LogP contribution < -0.4 is 5.73 Å². The molecule has 2 atom stereocenters. The van der Waals surface area contributed by atoms with Gasteiger partial charge in [-0.1, -0.05) is 125 Å². The number of aromatic nitrogens is 2. The average Bonchev–Trinajstić information content (AvgIpc) is 3.75. The van der Waals surface area contributed by atoms with Gasteiger partial charge in [-0.3, -0.25) is 0 Å². The number of benzene rings is 6. The van der Waals surface area contributed by atoms with E-state index in [9.17, 15) is 0 Å². The third-order valence-corrected chi connectivity index (χ3v) is 9.42. The largest absolute Gasteiger partial charge is 0.676 e. The van der Waals surface area contributed by atoms with Crippen molar-refractivity contribution in [3.8, 4) is 0 Å². The number of rotatable bonds is 12. The van der Waals surface area contributed by atoms with Gasteiger partial charge in [0.05, 0.1) is 0 Å². The molecular formula is C51H59HfN7-6. The van der Waals surface area contributed by atoms with E-state index in [0.717, 1.165) is 54.5 Å². The molecule has 0 aliphatic carbocycles.